The van der Waals surface area contributed by atoms with Crippen LogP contribution >= 0.6 is 0 Å². The molecule has 5 saturated carbocycles. The van der Waals surface area contributed by atoms with Crippen LogP contribution in [-0.4, -0.2) is 54.0 Å². The Morgan fingerprint density at radius 1 is 0.564 bits per heavy atom. The molecule has 0 aromatic heterocycles. The molecule has 5 aliphatic rings. The molecule has 39 heavy (non-hydrogen) atoms. The molecule has 0 aromatic rings. The maximum absolute atomic E-state index is 12.8. The third kappa shape index (κ3) is 14.0. The van der Waals surface area contributed by atoms with E-state index < -0.39 is 6.17 Å². The highest BCUT2D eigenvalue weighted by atomic mass is 19.1. The zero-order chi connectivity index (χ0) is 29.2. The molecular weight excluding hydrogens is 491 g/mol. The lowest BCUT2D eigenvalue weighted by Gasteiger charge is -2.39. The molecule has 1 unspecified atom stereocenters. The van der Waals surface area contributed by atoms with Gasteiger partial charge < -0.3 is 18.9 Å². The fourth-order valence-electron chi connectivity index (χ4n) is 6.71. The van der Waals surface area contributed by atoms with Crippen LogP contribution in [0, 0.1) is 11.8 Å². The van der Waals surface area contributed by atoms with Crippen molar-refractivity contribution < 1.29 is 23.3 Å². The number of fused-ring (bicyclic) bond motifs is 1. The lowest BCUT2D eigenvalue weighted by Crippen LogP contribution is -2.38. The van der Waals surface area contributed by atoms with Crippen molar-refractivity contribution in [3.63, 3.8) is 0 Å². The van der Waals surface area contributed by atoms with Gasteiger partial charge in [-0.3, -0.25) is 0 Å². The summed E-state index contributed by atoms with van der Waals surface area (Å²) in [5.74, 6) is 2.12. The smallest absolute Gasteiger partial charge is 0.126 e. The fourth-order valence-corrected chi connectivity index (χ4v) is 6.71. The van der Waals surface area contributed by atoms with E-state index in [-0.39, 0.29) is 23.4 Å². The normalized spacial score (nSPS) is 31.6. The third-order valence-electron chi connectivity index (χ3n) is 8.60. The highest BCUT2D eigenvalue weighted by molar-refractivity contribution is 4.96. The van der Waals surface area contributed by atoms with E-state index in [4.69, 9.17) is 18.9 Å². The number of rotatable bonds is 8. The molecule has 5 aliphatic carbocycles. The molecule has 0 radical (unpaired) electrons. The second kappa shape index (κ2) is 16.4. The van der Waals surface area contributed by atoms with E-state index in [0.717, 1.165) is 24.7 Å². The predicted octanol–water partition coefficient (Wildman–Crippen LogP) is 9.61. The van der Waals surface area contributed by atoms with E-state index in [2.05, 4.69) is 55.4 Å². The average molecular weight is 557 g/mol. The summed E-state index contributed by atoms with van der Waals surface area (Å²) in [4.78, 5) is 0. The summed E-state index contributed by atoms with van der Waals surface area (Å²) in [6, 6.07) is 0. The van der Waals surface area contributed by atoms with Gasteiger partial charge in [-0.1, -0.05) is 12.8 Å². The number of hydrogen-bond donors (Lipinski definition) is 0. The molecule has 0 bridgehead atoms. The molecule has 4 nitrogen and oxygen atoms in total. The van der Waals surface area contributed by atoms with Crippen LogP contribution in [0.5, 0.6) is 0 Å². The van der Waals surface area contributed by atoms with Gasteiger partial charge in [-0.2, -0.15) is 0 Å². The SMILES string of the molecule is CC(C)OC1(C)CCC1.CC(C)OC1(C)CCCC1.CC(C)OC1C[C@@H]2C[C@@H]2C1.CC(C)O[C@@H]1CCC[C@H]1F. The summed E-state index contributed by atoms with van der Waals surface area (Å²) in [6.07, 6.45) is 17.0. The van der Waals surface area contributed by atoms with Crippen molar-refractivity contribution in [2.45, 2.75) is 207 Å². The first kappa shape index (κ1) is 35.0. The lowest BCUT2D eigenvalue weighted by molar-refractivity contribution is -0.115. The Morgan fingerprint density at radius 2 is 1.03 bits per heavy atom. The first-order chi connectivity index (χ1) is 18.2. The Morgan fingerprint density at radius 3 is 1.36 bits per heavy atom. The molecule has 0 heterocycles. The van der Waals surface area contributed by atoms with Crippen LogP contribution in [0.1, 0.15) is 153 Å². The van der Waals surface area contributed by atoms with Gasteiger partial charge in [0.05, 0.1) is 47.8 Å². The molecule has 0 saturated heterocycles. The standard InChI is InChI=1S/C9H16O.C9H18O.C8H15FO.C8H16O/c1-6(2)10-9-4-7-3-8(7)5-9;1-8(2)10-9(3)6-4-5-7-9;1-6(2)10-8-5-3-4-7(8)9;1-7(2)9-8(3)5-4-6-8/h6-9H,3-5H2,1-2H3;8H,4-7H2,1-3H3;6-8H,3-5H2,1-2H3;7H,4-6H2,1-3H3/t7-,8+,9?;;7-,8-;/m..1./s1. The third-order valence-corrected chi connectivity index (χ3v) is 8.60. The van der Waals surface area contributed by atoms with Gasteiger partial charge in [0.25, 0.3) is 0 Å². The van der Waals surface area contributed by atoms with Crippen molar-refractivity contribution in [2.75, 3.05) is 0 Å². The van der Waals surface area contributed by atoms with Gasteiger partial charge in [0.2, 0.25) is 0 Å². The van der Waals surface area contributed by atoms with Gasteiger partial charge in [-0.05, 0) is 152 Å². The summed E-state index contributed by atoms with van der Waals surface area (Å²) in [5.41, 5.74) is 0.461. The Bertz CT molecular complexity index is 644. The van der Waals surface area contributed by atoms with Crippen molar-refractivity contribution in [3.8, 4) is 0 Å². The zero-order valence-corrected chi connectivity index (χ0v) is 27.4. The van der Waals surface area contributed by atoms with Crippen LogP contribution in [-0.2, 0) is 18.9 Å². The first-order valence-corrected chi connectivity index (χ1v) is 16.5. The van der Waals surface area contributed by atoms with Gasteiger partial charge in [-0.15, -0.1) is 0 Å². The maximum atomic E-state index is 12.8. The number of hydrogen-bond acceptors (Lipinski definition) is 4. The molecule has 0 aromatic carbocycles. The average Bonchev–Trinajstić information content (AvgIpc) is 3.09. The van der Waals surface area contributed by atoms with E-state index in [0.29, 0.717) is 30.8 Å². The monoisotopic (exact) mass is 556 g/mol. The molecule has 0 amide bonds. The topological polar surface area (TPSA) is 36.9 Å². The molecule has 232 valence electrons. The first-order valence-electron chi connectivity index (χ1n) is 16.5. The van der Waals surface area contributed by atoms with Gasteiger partial charge in [-0.25, -0.2) is 4.39 Å². The van der Waals surface area contributed by atoms with Crippen molar-refractivity contribution in [1.82, 2.24) is 0 Å². The Balaban J connectivity index is 0.000000183. The van der Waals surface area contributed by atoms with Crippen molar-refractivity contribution >= 4 is 0 Å². The molecule has 0 aliphatic heterocycles. The van der Waals surface area contributed by atoms with Crippen LogP contribution in [0.25, 0.3) is 0 Å². The Kier molecular flexibility index (Phi) is 14.7. The van der Waals surface area contributed by atoms with Crippen LogP contribution in [0.3, 0.4) is 0 Å². The van der Waals surface area contributed by atoms with Gasteiger partial charge in [0.1, 0.15) is 6.17 Å². The van der Waals surface area contributed by atoms with Crippen molar-refractivity contribution in [1.29, 1.82) is 0 Å². The van der Waals surface area contributed by atoms with Crippen LogP contribution in [0.4, 0.5) is 4.39 Å². The van der Waals surface area contributed by atoms with Gasteiger partial charge >= 0.3 is 0 Å². The van der Waals surface area contributed by atoms with Crippen molar-refractivity contribution in [3.05, 3.63) is 0 Å². The minimum atomic E-state index is -0.706. The Labute approximate surface area is 241 Å². The highest BCUT2D eigenvalue weighted by Gasteiger charge is 2.46. The van der Waals surface area contributed by atoms with E-state index >= 15 is 0 Å². The van der Waals surface area contributed by atoms with E-state index in [9.17, 15) is 4.39 Å². The Hall–Kier alpha value is -0.230. The second-order valence-corrected chi connectivity index (χ2v) is 14.5. The quantitative estimate of drug-likeness (QED) is 0.298. The minimum absolute atomic E-state index is 0.111. The van der Waals surface area contributed by atoms with E-state index in [1.807, 2.05) is 13.8 Å². The second-order valence-electron chi connectivity index (χ2n) is 14.5. The molecular formula is C34H65FO4. The zero-order valence-electron chi connectivity index (χ0n) is 27.4. The summed E-state index contributed by atoms with van der Waals surface area (Å²) in [5, 5.41) is 0. The largest absolute Gasteiger partial charge is 0.376 e. The number of ether oxygens (including phenoxy) is 4. The van der Waals surface area contributed by atoms with Crippen LogP contribution in [0.2, 0.25) is 0 Å². The molecule has 0 N–H and O–H groups in total. The fraction of sp³-hybridized carbons (Fsp3) is 1.00. The van der Waals surface area contributed by atoms with Crippen LogP contribution in [0.15, 0.2) is 0 Å². The summed E-state index contributed by atoms with van der Waals surface area (Å²) < 4.78 is 35.4. The lowest BCUT2D eigenvalue weighted by atomic mass is 9.82. The van der Waals surface area contributed by atoms with E-state index in [1.165, 1.54) is 64.2 Å². The highest BCUT2D eigenvalue weighted by Crippen LogP contribution is 2.52. The predicted molar refractivity (Wildman–Crippen MR) is 161 cm³/mol. The molecule has 5 heteroatoms. The number of halogens is 1. The summed E-state index contributed by atoms with van der Waals surface area (Å²) >= 11 is 0. The number of alkyl halides is 1. The summed E-state index contributed by atoms with van der Waals surface area (Å²) in [7, 11) is 0. The molecule has 0 spiro atoms. The van der Waals surface area contributed by atoms with Gasteiger partial charge in [0.15, 0.2) is 0 Å². The molecule has 5 atom stereocenters. The molecule has 5 fully saturated rings. The molecule has 5 rings (SSSR count). The maximum Gasteiger partial charge on any atom is 0.126 e. The van der Waals surface area contributed by atoms with Crippen LogP contribution < -0.4 is 0 Å². The summed E-state index contributed by atoms with van der Waals surface area (Å²) in [6.45, 7) is 21.0. The van der Waals surface area contributed by atoms with Gasteiger partial charge in [0, 0.05) is 0 Å². The van der Waals surface area contributed by atoms with E-state index in [1.54, 1.807) is 0 Å². The minimum Gasteiger partial charge on any atom is -0.376 e. The van der Waals surface area contributed by atoms with Crippen molar-refractivity contribution in [2.24, 2.45) is 11.8 Å².